The second-order valence-electron chi connectivity index (χ2n) is 5.06. The van der Waals surface area contributed by atoms with Crippen LogP contribution in [0.25, 0.3) is 0 Å². The van der Waals surface area contributed by atoms with E-state index >= 15 is 0 Å². The molecule has 1 N–H and O–H groups in total. The fourth-order valence-corrected chi connectivity index (χ4v) is 4.08. The Kier molecular flexibility index (Phi) is 3.95. The van der Waals surface area contributed by atoms with Gasteiger partial charge in [0.2, 0.25) is 0 Å². The van der Waals surface area contributed by atoms with Crippen LogP contribution in [0.2, 0.25) is 0 Å². The van der Waals surface area contributed by atoms with Gasteiger partial charge in [0.15, 0.2) is 0 Å². The van der Waals surface area contributed by atoms with E-state index in [-0.39, 0.29) is 5.41 Å². The van der Waals surface area contributed by atoms with E-state index in [9.17, 15) is 5.11 Å². The number of aliphatic hydroxyl groups excluding tert-OH is 1. The number of hydrogen-bond acceptors (Lipinski definition) is 2. The maximum Gasteiger partial charge on any atom is 0.0984 e. The van der Waals surface area contributed by atoms with Crippen molar-refractivity contribution in [2.75, 3.05) is 0 Å². The molecule has 0 amide bonds. The molecule has 0 saturated carbocycles. The molecular weight excluding hydrogens is 308 g/mol. The summed E-state index contributed by atoms with van der Waals surface area (Å²) in [6, 6.07) is 12.2. The molecule has 0 saturated heterocycles. The average molecular weight is 325 g/mol. The van der Waals surface area contributed by atoms with Gasteiger partial charge in [0, 0.05) is 19.6 Å². The van der Waals surface area contributed by atoms with Crippen molar-refractivity contribution < 1.29 is 5.11 Å². The molecular formula is C15H17BrOS. The van der Waals surface area contributed by atoms with Crippen LogP contribution in [0, 0.1) is 6.92 Å². The number of rotatable bonds is 3. The van der Waals surface area contributed by atoms with Crippen LogP contribution in [-0.2, 0) is 5.41 Å². The third-order valence-corrected chi connectivity index (χ3v) is 5.31. The molecule has 1 unspecified atom stereocenters. The summed E-state index contributed by atoms with van der Waals surface area (Å²) >= 11 is 5.18. The Hall–Kier alpha value is -0.640. The summed E-state index contributed by atoms with van der Waals surface area (Å²) < 4.78 is 1.00. The highest BCUT2D eigenvalue weighted by Crippen LogP contribution is 2.42. The summed E-state index contributed by atoms with van der Waals surface area (Å²) in [5.41, 5.74) is 0.844. The van der Waals surface area contributed by atoms with Crippen LogP contribution in [0.4, 0.5) is 0 Å². The van der Waals surface area contributed by atoms with E-state index in [0.29, 0.717) is 0 Å². The van der Waals surface area contributed by atoms with Crippen LogP contribution < -0.4 is 0 Å². The Bertz CT molecular complexity index is 531. The lowest BCUT2D eigenvalue weighted by Gasteiger charge is -2.30. The van der Waals surface area contributed by atoms with Crippen molar-refractivity contribution in [1.29, 1.82) is 0 Å². The highest BCUT2D eigenvalue weighted by atomic mass is 79.9. The number of benzene rings is 1. The Morgan fingerprint density at radius 2 is 1.83 bits per heavy atom. The highest BCUT2D eigenvalue weighted by Gasteiger charge is 2.33. The van der Waals surface area contributed by atoms with Crippen molar-refractivity contribution in [3.8, 4) is 0 Å². The molecule has 0 spiro atoms. The van der Waals surface area contributed by atoms with Crippen LogP contribution in [0.1, 0.15) is 35.3 Å². The number of halogens is 1. The highest BCUT2D eigenvalue weighted by molar-refractivity contribution is 9.10. The molecule has 1 nitrogen and oxygen atoms in total. The molecule has 0 fully saturated rings. The van der Waals surface area contributed by atoms with Crippen molar-refractivity contribution in [3.63, 3.8) is 0 Å². The normalized spacial score (nSPS) is 13.6. The minimum Gasteiger partial charge on any atom is -0.387 e. The molecule has 0 aliphatic carbocycles. The number of hydrogen-bond donors (Lipinski definition) is 1. The summed E-state index contributed by atoms with van der Waals surface area (Å²) in [6.45, 7) is 6.21. The van der Waals surface area contributed by atoms with Gasteiger partial charge in [0.1, 0.15) is 0 Å². The fourth-order valence-electron chi connectivity index (χ4n) is 2.04. The lowest BCUT2D eigenvalue weighted by molar-refractivity contribution is 0.103. The van der Waals surface area contributed by atoms with E-state index in [4.69, 9.17) is 0 Å². The zero-order valence-corrected chi connectivity index (χ0v) is 13.2. The molecule has 18 heavy (non-hydrogen) atoms. The predicted octanol–water partition coefficient (Wildman–Crippen LogP) is 4.83. The topological polar surface area (TPSA) is 20.2 Å². The van der Waals surface area contributed by atoms with Crippen LogP contribution >= 0.6 is 27.3 Å². The SMILES string of the molecule is Cc1cc(Br)c(C(O)C(C)(C)c2ccccc2)s1. The first-order valence-corrected chi connectivity index (χ1v) is 7.53. The molecule has 1 heterocycles. The Morgan fingerprint density at radius 1 is 1.22 bits per heavy atom. The number of aryl methyl sites for hydroxylation is 1. The van der Waals surface area contributed by atoms with Gasteiger partial charge in [0.05, 0.1) is 6.10 Å². The summed E-state index contributed by atoms with van der Waals surface area (Å²) in [7, 11) is 0. The lowest BCUT2D eigenvalue weighted by atomic mass is 9.79. The second kappa shape index (κ2) is 5.16. The Morgan fingerprint density at radius 3 is 2.33 bits per heavy atom. The zero-order chi connectivity index (χ0) is 13.3. The summed E-state index contributed by atoms with van der Waals surface area (Å²) in [5.74, 6) is 0. The van der Waals surface area contributed by atoms with Crippen molar-refractivity contribution in [2.24, 2.45) is 0 Å². The molecule has 3 heteroatoms. The quantitative estimate of drug-likeness (QED) is 0.857. The third kappa shape index (κ3) is 2.53. The molecule has 1 aromatic heterocycles. The maximum atomic E-state index is 10.7. The molecule has 0 aliphatic rings. The fraction of sp³-hybridized carbons (Fsp3) is 0.333. The maximum absolute atomic E-state index is 10.7. The van der Waals surface area contributed by atoms with Gasteiger partial charge in [-0.1, -0.05) is 44.2 Å². The van der Waals surface area contributed by atoms with Gasteiger partial charge in [-0.15, -0.1) is 11.3 Å². The monoisotopic (exact) mass is 324 g/mol. The van der Waals surface area contributed by atoms with E-state index in [1.165, 1.54) is 4.88 Å². The van der Waals surface area contributed by atoms with E-state index in [1.54, 1.807) is 11.3 Å². The summed E-state index contributed by atoms with van der Waals surface area (Å²) in [4.78, 5) is 2.21. The summed E-state index contributed by atoms with van der Waals surface area (Å²) in [5, 5.41) is 10.7. The van der Waals surface area contributed by atoms with E-state index in [0.717, 1.165) is 14.9 Å². The van der Waals surface area contributed by atoms with Crippen LogP contribution in [0.3, 0.4) is 0 Å². The third-order valence-electron chi connectivity index (χ3n) is 3.29. The molecule has 0 bridgehead atoms. The van der Waals surface area contributed by atoms with Gasteiger partial charge < -0.3 is 5.11 Å². The lowest BCUT2D eigenvalue weighted by Crippen LogP contribution is -2.26. The zero-order valence-electron chi connectivity index (χ0n) is 10.8. The largest absolute Gasteiger partial charge is 0.387 e. The molecule has 0 radical (unpaired) electrons. The second-order valence-corrected chi connectivity index (χ2v) is 7.20. The average Bonchev–Trinajstić information content (AvgIpc) is 2.68. The van der Waals surface area contributed by atoms with Gasteiger partial charge in [-0.05, 0) is 34.5 Å². The first-order chi connectivity index (χ1) is 8.43. The number of thiophene rings is 1. The Balaban J connectivity index is 2.39. The first-order valence-electron chi connectivity index (χ1n) is 5.92. The van der Waals surface area contributed by atoms with Gasteiger partial charge in [-0.2, -0.15) is 0 Å². The molecule has 96 valence electrons. The van der Waals surface area contributed by atoms with Crippen molar-refractivity contribution >= 4 is 27.3 Å². The van der Waals surface area contributed by atoms with Gasteiger partial charge in [0.25, 0.3) is 0 Å². The van der Waals surface area contributed by atoms with E-state index in [2.05, 4.69) is 54.9 Å². The predicted molar refractivity (Wildman–Crippen MR) is 81.2 cm³/mol. The van der Waals surface area contributed by atoms with Crippen LogP contribution in [-0.4, -0.2) is 5.11 Å². The van der Waals surface area contributed by atoms with Gasteiger partial charge >= 0.3 is 0 Å². The standard InChI is InChI=1S/C15H17BrOS/c1-10-9-12(16)13(18-10)14(17)15(2,3)11-7-5-4-6-8-11/h4-9,14,17H,1-3H3. The molecule has 0 aliphatic heterocycles. The van der Waals surface area contributed by atoms with Crippen molar-refractivity contribution in [1.82, 2.24) is 0 Å². The minimum absolute atomic E-state index is 0.304. The first kappa shape index (κ1) is 13.8. The molecule has 1 atom stereocenters. The van der Waals surface area contributed by atoms with Gasteiger partial charge in [-0.25, -0.2) is 0 Å². The van der Waals surface area contributed by atoms with Crippen molar-refractivity contribution in [2.45, 2.75) is 32.3 Å². The van der Waals surface area contributed by atoms with Crippen LogP contribution in [0.5, 0.6) is 0 Å². The Labute approximate surface area is 121 Å². The summed E-state index contributed by atoms with van der Waals surface area (Å²) in [6.07, 6.45) is -0.507. The minimum atomic E-state index is -0.507. The van der Waals surface area contributed by atoms with Crippen molar-refractivity contribution in [3.05, 3.63) is 56.2 Å². The molecule has 1 aromatic carbocycles. The van der Waals surface area contributed by atoms with E-state index in [1.807, 2.05) is 18.2 Å². The van der Waals surface area contributed by atoms with Crippen LogP contribution in [0.15, 0.2) is 40.9 Å². The smallest absolute Gasteiger partial charge is 0.0984 e. The molecule has 2 rings (SSSR count). The molecule has 2 aromatic rings. The number of aliphatic hydroxyl groups is 1. The van der Waals surface area contributed by atoms with E-state index < -0.39 is 6.10 Å². The van der Waals surface area contributed by atoms with Gasteiger partial charge in [-0.3, -0.25) is 0 Å².